The molecule has 26 heavy (non-hydrogen) atoms. The Balaban J connectivity index is 1.90. The topological polar surface area (TPSA) is 65.1 Å². The molecule has 0 aliphatic carbocycles. The Morgan fingerprint density at radius 2 is 1.85 bits per heavy atom. The molecule has 1 amide bonds. The molecule has 6 nitrogen and oxygen atoms in total. The third-order valence-corrected chi connectivity index (χ3v) is 4.40. The SMILES string of the molecule is COc1ccc(OC)c(/C=C/C(=O)OCC(=O)N2CC(C)CC(C)C2)c1. The summed E-state index contributed by atoms with van der Waals surface area (Å²) >= 11 is 0. The second kappa shape index (κ2) is 9.27. The Bertz CT molecular complexity index is 660. The first-order valence-electron chi connectivity index (χ1n) is 8.77. The Kier molecular flexibility index (Phi) is 7.06. The van der Waals surface area contributed by atoms with Crippen molar-refractivity contribution in [3.05, 3.63) is 29.8 Å². The van der Waals surface area contributed by atoms with E-state index < -0.39 is 5.97 Å². The van der Waals surface area contributed by atoms with Crippen LogP contribution in [0.15, 0.2) is 24.3 Å². The minimum atomic E-state index is -0.568. The summed E-state index contributed by atoms with van der Waals surface area (Å²) in [6.07, 6.45) is 3.99. The van der Waals surface area contributed by atoms with Crippen LogP contribution in [0, 0.1) is 11.8 Å². The predicted octanol–water partition coefficient (Wildman–Crippen LogP) is 2.76. The van der Waals surface area contributed by atoms with E-state index in [0.717, 1.165) is 19.5 Å². The zero-order chi connectivity index (χ0) is 19.1. The van der Waals surface area contributed by atoms with Gasteiger partial charge in [0.05, 0.1) is 14.2 Å². The number of amides is 1. The number of hydrogen-bond acceptors (Lipinski definition) is 5. The lowest BCUT2D eigenvalue weighted by Crippen LogP contribution is -2.44. The molecular weight excluding hydrogens is 334 g/mol. The first-order valence-corrected chi connectivity index (χ1v) is 8.77. The number of nitrogens with zero attached hydrogens (tertiary/aromatic N) is 1. The molecular formula is C20H27NO5. The zero-order valence-electron chi connectivity index (χ0n) is 15.9. The standard InChI is InChI=1S/C20H27NO5/c1-14-9-15(2)12-21(11-14)19(22)13-26-20(23)8-5-16-10-17(24-3)6-7-18(16)25-4/h5-8,10,14-15H,9,11-13H2,1-4H3/b8-5+. The molecule has 6 heteroatoms. The van der Waals surface area contributed by atoms with Gasteiger partial charge in [-0.25, -0.2) is 4.79 Å². The number of methoxy groups -OCH3 is 2. The molecule has 2 atom stereocenters. The molecule has 0 N–H and O–H groups in total. The molecule has 1 aromatic carbocycles. The van der Waals surface area contributed by atoms with Gasteiger partial charge >= 0.3 is 5.97 Å². The molecule has 1 aromatic rings. The highest BCUT2D eigenvalue weighted by molar-refractivity contribution is 5.89. The van der Waals surface area contributed by atoms with Crippen molar-refractivity contribution in [2.45, 2.75) is 20.3 Å². The van der Waals surface area contributed by atoms with Crippen LogP contribution in [0.5, 0.6) is 11.5 Å². The average Bonchev–Trinajstić information content (AvgIpc) is 2.63. The van der Waals surface area contributed by atoms with Crippen LogP contribution in [0.1, 0.15) is 25.8 Å². The highest BCUT2D eigenvalue weighted by atomic mass is 16.5. The fraction of sp³-hybridized carbons (Fsp3) is 0.500. The smallest absolute Gasteiger partial charge is 0.331 e. The number of ether oxygens (including phenoxy) is 3. The van der Waals surface area contributed by atoms with Gasteiger partial charge in [0.25, 0.3) is 5.91 Å². The van der Waals surface area contributed by atoms with E-state index in [9.17, 15) is 9.59 Å². The van der Waals surface area contributed by atoms with Crippen molar-refractivity contribution < 1.29 is 23.8 Å². The highest BCUT2D eigenvalue weighted by Gasteiger charge is 2.25. The van der Waals surface area contributed by atoms with Gasteiger partial charge in [-0.15, -0.1) is 0 Å². The van der Waals surface area contributed by atoms with Gasteiger partial charge in [0, 0.05) is 24.7 Å². The molecule has 0 radical (unpaired) electrons. The van der Waals surface area contributed by atoms with Gasteiger partial charge in [0.2, 0.25) is 0 Å². The van der Waals surface area contributed by atoms with E-state index in [1.807, 2.05) is 0 Å². The van der Waals surface area contributed by atoms with E-state index in [4.69, 9.17) is 14.2 Å². The van der Waals surface area contributed by atoms with Crippen LogP contribution >= 0.6 is 0 Å². The molecule has 1 saturated heterocycles. The van der Waals surface area contributed by atoms with Crippen LogP contribution in [0.4, 0.5) is 0 Å². The summed E-state index contributed by atoms with van der Waals surface area (Å²) in [5.74, 6) is 1.49. The van der Waals surface area contributed by atoms with Gasteiger partial charge in [-0.3, -0.25) is 4.79 Å². The maximum atomic E-state index is 12.2. The monoisotopic (exact) mass is 361 g/mol. The second-order valence-electron chi connectivity index (χ2n) is 6.79. The van der Waals surface area contributed by atoms with E-state index in [1.54, 1.807) is 43.4 Å². The van der Waals surface area contributed by atoms with Gasteiger partial charge in [0.1, 0.15) is 11.5 Å². The quantitative estimate of drug-likeness (QED) is 0.576. The lowest BCUT2D eigenvalue weighted by atomic mass is 9.92. The summed E-state index contributed by atoms with van der Waals surface area (Å²) in [6.45, 7) is 5.46. The van der Waals surface area contributed by atoms with Crippen molar-refractivity contribution in [1.29, 1.82) is 0 Å². The van der Waals surface area contributed by atoms with Crippen molar-refractivity contribution in [3.8, 4) is 11.5 Å². The predicted molar refractivity (Wildman–Crippen MR) is 99.1 cm³/mol. The largest absolute Gasteiger partial charge is 0.497 e. The lowest BCUT2D eigenvalue weighted by Gasteiger charge is -2.34. The van der Waals surface area contributed by atoms with Crippen molar-refractivity contribution in [2.75, 3.05) is 33.9 Å². The van der Waals surface area contributed by atoms with Gasteiger partial charge in [0.15, 0.2) is 6.61 Å². The summed E-state index contributed by atoms with van der Waals surface area (Å²) in [6, 6.07) is 5.28. The molecule has 0 spiro atoms. The second-order valence-corrected chi connectivity index (χ2v) is 6.79. The number of carbonyl (C=O) groups is 2. The molecule has 1 aliphatic heterocycles. The third kappa shape index (κ3) is 5.51. The number of hydrogen-bond donors (Lipinski definition) is 0. The first-order chi connectivity index (χ1) is 12.4. The van der Waals surface area contributed by atoms with Gasteiger partial charge in [-0.2, -0.15) is 0 Å². The van der Waals surface area contributed by atoms with Crippen LogP contribution in [-0.4, -0.2) is 50.7 Å². The fourth-order valence-corrected chi connectivity index (χ4v) is 3.27. The van der Waals surface area contributed by atoms with Gasteiger partial charge < -0.3 is 19.1 Å². The van der Waals surface area contributed by atoms with Crippen molar-refractivity contribution in [2.24, 2.45) is 11.8 Å². The van der Waals surface area contributed by atoms with E-state index >= 15 is 0 Å². The van der Waals surface area contributed by atoms with Crippen molar-refractivity contribution in [1.82, 2.24) is 4.90 Å². The van der Waals surface area contributed by atoms with Crippen molar-refractivity contribution in [3.63, 3.8) is 0 Å². The minimum Gasteiger partial charge on any atom is -0.497 e. The highest BCUT2D eigenvalue weighted by Crippen LogP contribution is 2.25. The minimum absolute atomic E-state index is 0.149. The Labute approximate surface area is 154 Å². The summed E-state index contributed by atoms with van der Waals surface area (Å²) in [5, 5.41) is 0. The van der Waals surface area contributed by atoms with E-state index in [0.29, 0.717) is 28.9 Å². The first kappa shape index (κ1) is 19.8. The van der Waals surface area contributed by atoms with E-state index in [1.165, 1.54) is 6.08 Å². The number of likely N-dealkylation sites (tertiary alicyclic amines) is 1. The zero-order valence-corrected chi connectivity index (χ0v) is 15.9. The number of rotatable bonds is 6. The number of esters is 1. The lowest BCUT2D eigenvalue weighted by molar-refractivity contribution is -0.149. The molecule has 2 unspecified atom stereocenters. The van der Waals surface area contributed by atoms with E-state index in [-0.39, 0.29) is 12.5 Å². The summed E-state index contributed by atoms with van der Waals surface area (Å²) in [4.78, 5) is 26.0. The maximum Gasteiger partial charge on any atom is 0.331 e. The van der Waals surface area contributed by atoms with Crippen LogP contribution in [0.2, 0.25) is 0 Å². The fourth-order valence-electron chi connectivity index (χ4n) is 3.27. The number of piperidine rings is 1. The Hall–Kier alpha value is -2.50. The number of benzene rings is 1. The molecule has 1 aliphatic rings. The molecule has 1 heterocycles. The number of carbonyl (C=O) groups excluding carboxylic acids is 2. The molecule has 0 bridgehead atoms. The van der Waals surface area contributed by atoms with Crippen LogP contribution in [0.3, 0.4) is 0 Å². The third-order valence-electron chi connectivity index (χ3n) is 4.40. The van der Waals surface area contributed by atoms with Gasteiger partial charge in [-0.05, 0) is 42.5 Å². The van der Waals surface area contributed by atoms with Crippen LogP contribution in [0.25, 0.3) is 6.08 Å². The normalized spacial score (nSPS) is 20.1. The Morgan fingerprint density at radius 1 is 1.15 bits per heavy atom. The summed E-state index contributed by atoms with van der Waals surface area (Å²) < 4.78 is 15.5. The van der Waals surface area contributed by atoms with E-state index in [2.05, 4.69) is 13.8 Å². The molecule has 0 aromatic heterocycles. The summed E-state index contributed by atoms with van der Waals surface area (Å²) in [7, 11) is 3.12. The Morgan fingerprint density at radius 3 is 2.46 bits per heavy atom. The average molecular weight is 361 g/mol. The van der Waals surface area contributed by atoms with Gasteiger partial charge in [-0.1, -0.05) is 13.8 Å². The summed E-state index contributed by atoms with van der Waals surface area (Å²) in [5.41, 5.74) is 0.689. The maximum absolute atomic E-state index is 12.2. The van der Waals surface area contributed by atoms with Crippen molar-refractivity contribution >= 4 is 18.0 Å². The molecule has 0 saturated carbocycles. The van der Waals surface area contributed by atoms with Crippen LogP contribution < -0.4 is 9.47 Å². The van der Waals surface area contributed by atoms with Crippen LogP contribution in [-0.2, 0) is 14.3 Å². The molecule has 142 valence electrons. The molecule has 1 fully saturated rings. The molecule has 2 rings (SSSR count).